The number of amides is 2. The van der Waals surface area contributed by atoms with Gasteiger partial charge in [0.1, 0.15) is 11.5 Å². The molecular weight excluding hydrogens is 302 g/mol. The van der Waals surface area contributed by atoms with Crippen LogP contribution in [0.5, 0.6) is 0 Å². The Morgan fingerprint density at radius 1 is 1.17 bits per heavy atom. The fraction of sp³-hybridized carbons (Fsp3) is 0.200. The number of nitro benzene ring substituents is 1. The Kier molecular flexibility index (Phi) is 4.75. The highest BCUT2D eigenvalue weighted by molar-refractivity contribution is 6.39. The van der Waals surface area contributed by atoms with Crippen molar-refractivity contribution in [3.8, 4) is 0 Å². The minimum atomic E-state index is -0.850. The summed E-state index contributed by atoms with van der Waals surface area (Å²) >= 11 is 0. The molecule has 8 nitrogen and oxygen atoms in total. The molecule has 0 aliphatic rings. The van der Waals surface area contributed by atoms with Crippen LogP contribution in [0.15, 0.2) is 34.7 Å². The van der Waals surface area contributed by atoms with Gasteiger partial charge in [-0.25, -0.2) is 0 Å². The van der Waals surface area contributed by atoms with Crippen molar-refractivity contribution < 1.29 is 18.9 Å². The first-order chi connectivity index (χ1) is 10.9. The Morgan fingerprint density at radius 3 is 2.35 bits per heavy atom. The summed E-state index contributed by atoms with van der Waals surface area (Å²) in [4.78, 5) is 33.5. The number of hydrogen-bond acceptors (Lipinski definition) is 5. The van der Waals surface area contributed by atoms with Crippen molar-refractivity contribution in [2.24, 2.45) is 0 Å². The summed E-state index contributed by atoms with van der Waals surface area (Å²) in [6.45, 7) is 3.74. The van der Waals surface area contributed by atoms with Crippen molar-refractivity contribution >= 4 is 23.2 Å². The fourth-order valence-corrected chi connectivity index (χ4v) is 1.97. The van der Waals surface area contributed by atoms with Crippen LogP contribution in [0, 0.1) is 24.0 Å². The lowest BCUT2D eigenvalue weighted by atomic mass is 10.2. The number of aryl methyl sites for hydroxylation is 2. The first-order valence-electron chi connectivity index (χ1n) is 6.76. The Hall–Kier alpha value is -3.16. The molecule has 1 heterocycles. The highest BCUT2D eigenvalue weighted by atomic mass is 16.6. The first-order valence-corrected chi connectivity index (χ1v) is 6.76. The number of non-ortho nitro benzene ring substituents is 1. The number of benzene rings is 1. The maximum absolute atomic E-state index is 11.8. The van der Waals surface area contributed by atoms with E-state index in [2.05, 4.69) is 10.6 Å². The van der Waals surface area contributed by atoms with Crippen LogP contribution in [0.3, 0.4) is 0 Å². The summed E-state index contributed by atoms with van der Waals surface area (Å²) < 4.78 is 5.33. The number of nitrogens with zero attached hydrogens (tertiary/aromatic N) is 1. The Labute approximate surface area is 131 Å². The third kappa shape index (κ3) is 4.16. The van der Waals surface area contributed by atoms with Gasteiger partial charge in [-0.05, 0) is 32.0 Å². The van der Waals surface area contributed by atoms with E-state index in [9.17, 15) is 19.7 Å². The molecule has 0 bridgehead atoms. The average Bonchev–Trinajstić information content (AvgIpc) is 2.83. The van der Waals surface area contributed by atoms with Gasteiger partial charge in [-0.2, -0.15) is 0 Å². The SMILES string of the molecule is Cc1cc(CNC(=O)C(=O)Nc2ccc([N+](=O)[O-])cc2)c(C)o1. The number of carbonyl (C=O) groups is 2. The van der Waals surface area contributed by atoms with E-state index in [-0.39, 0.29) is 12.2 Å². The molecule has 0 aliphatic carbocycles. The number of rotatable bonds is 4. The molecule has 2 N–H and O–H groups in total. The number of anilines is 1. The average molecular weight is 317 g/mol. The zero-order valence-corrected chi connectivity index (χ0v) is 12.6. The molecule has 0 radical (unpaired) electrons. The van der Waals surface area contributed by atoms with E-state index in [4.69, 9.17) is 4.42 Å². The van der Waals surface area contributed by atoms with Crippen molar-refractivity contribution in [3.63, 3.8) is 0 Å². The van der Waals surface area contributed by atoms with Gasteiger partial charge in [0.15, 0.2) is 0 Å². The number of hydrogen-bond donors (Lipinski definition) is 2. The van der Waals surface area contributed by atoms with E-state index in [1.165, 1.54) is 24.3 Å². The van der Waals surface area contributed by atoms with Gasteiger partial charge in [0, 0.05) is 29.9 Å². The van der Waals surface area contributed by atoms with Gasteiger partial charge in [-0.1, -0.05) is 0 Å². The van der Waals surface area contributed by atoms with Gasteiger partial charge in [0.2, 0.25) is 0 Å². The van der Waals surface area contributed by atoms with E-state index in [0.717, 1.165) is 11.3 Å². The second-order valence-electron chi connectivity index (χ2n) is 4.88. The molecule has 2 aromatic rings. The normalized spacial score (nSPS) is 10.2. The molecule has 23 heavy (non-hydrogen) atoms. The molecule has 0 unspecified atom stereocenters. The Balaban J connectivity index is 1.91. The second-order valence-corrected chi connectivity index (χ2v) is 4.88. The molecule has 0 atom stereocenters. The molecule has 1 aromatic carbocycles. The first kappa shape index (κ1) is 16.2. The monoisotopic (exact) mass is 317 g/mol. The molecule has 0 spiro atoms. The molecule has 2 rings (SSSR count). The van der Waals surface area contributed by atoms with Crippen LogP contribution in [0.25, 0.3) is 0 Å². The third-order valence-corrected chi connectivity index (χ3v) is 3.13. The molecule has 120 valence electrons. The van der Waals surface area contributed by atoms with Gasteiger partial charge < -0.3 is 15.1 Å². The van der Waals surface area contributed by atoms with Crippen molar-refractivity contribution in [2.45, 2.75) is 20.4 Å². The number of nitro groups is 1. The maximum Gasteiger partial charge on any atom is 0.313 e. The van der Waals surface area contributed by atoms with Gasteiger partial charge >= 0.3 is 11.8 Å². The summed E-state index contributed by atoms with van der Waals surface area (Å²) in [5, 5.41) is 15.4. The minimum Gasteiger partial charge on any atom is -0.466 e. The third-order valence-electron chi connectivity index (χ3n) is 3.13. The molecule has 0 saturated carbocycles. The molecular formula is C15H15N3O5. The van der Waals surface area contributed by atoms with Crippen LogP contribution in [-0.2, 0) is 16.1 Å². The van der Waals surface area contributed by atoms with Crippen LogP contribution >= 0.6 is 0 Å². The number of nitrogens with one attached hydrogen (secondary N) is 2. The standard InChI is InChI=1S/C15H15N3O5/c1-9-7-11(10(2)23-9)8-16-14(19)15(20)17-12-3-5-13(6-4-12)18(21)22/h3-7H,8H2,1-2H3,(H,16,19)(H,17,20). The van der Waals surface area contributed by atoms with Crippen molar-refractivity contribution in [3.05, 3.63) is 57.5 Å². The van der Waals surface area contributed by atoms with Gasteiger partial charge in [0.05, 0.1) is 4.92 Å². The molecule has 0 saturated heterocycles. The van der Waals surface area contributed by atoms with E-state index in [0.29, 0.717) is 11.4 Å². The van der Waals surface area contributed by atoms with E-state index >= 15 is 0 Å². The second kappa shape index (κ2) is 6.73. The molecule has 0 fully saturated rings. The van der Waals surface area contributed by atoms with Gasteiger partial charge in [-0.3, -0.25) is 19.7 Å². The van der Waals surface area contributed by atoms with E-state index in [1.54, 1.807) is 19.9 Å². The summed E-state index contributed by atoms with van der Waals surface area (Å²) in [5.41, 5.74) is 0.989. The summed E-state index contributed by atoms with van der Waals surface area (Å²) in [5.74, 6) is -0.251. The van der Waals surface area contributed by atoms with Crippen molar-refractivity contribution in [1.82, 2.24) is 5.32 Å². The zero-order valence-electron chi connectivity index (χ0n) is 12.6. The highest BCUT2D eigenvalue weighted by Gasteiger charge is 2.15. The minimum absolute atomic E-state index is 0.0988. The summed E-state index contributed by atoms with van der Waals surface area (Å²) in [6, 6.07) is 6.97. The lowest BCUT2D eigenvalue weighted by molar-refractivity contribution is -0.384. The van der Waals surface area contributed by atoms with Crippen LogP contribution in [-0.4, -0.2) is 16.7 Å². The van der Waals surface area contributed by atoms with E-state index < -0.39 is 16.7 Å². The van der Waals surface area contributed by atoms with Crippen LogP contribution in [0.1, 0.15) is 17.1 Å². The van der Waals surface area contributed by atoms with Crippen molar-refractivity contribution in [1.29, 1.82) is 0 Å². The largest absolute Gasteiger partial charge is 0.466 e. The topological polar surface area (TPSA) is 114 Å². The van der Waals surface area contributed by atoms with Crippen molar-refractivity contribution in [2.75, 3.05) is 5.32 Å². The van der Waals surface area contributed by atoms with Gasteiger partial charge in [0.25, 0.3) is 5.69 Å². The number of furan rings is 1. The molecule has 1 aromatic heterocycles. The maximum atomic E-state index is 11.8. The van der Waals surface area contributed by atoms with E-state index in [1.807, 2.05) is 0 Å². The molecule has 8 heteroatoms. The Morgan fingerprint density at radius 2 is 1.83 bits per heavy atom. The quantitative estimate of drug-likeness (QED) is 0.509. The predicted octanol–water partition coefficient (Wildman–Crippen LogP) is 2.06. The zero-order chi connectivity index (χ0) is 17.0. The molecule has 0 aliphatic heterocycles. The highest BCUT2D eigenvalue weighted by Crippen LogP contribution is 2.15. The lowest BCUT2D eigenvalue weighted by Gasteiger charge is -2.06. The lowest BCUT2D eigenvalue weighted by Crippen LogP contribution is -2.35. The Bertz CT molecular complexity index is 749. The van der Waals surface area contributed by atoms with Crippen LogP contribution in [0.4, 0.5) is 11.4 Å². The summed E-state index contributed by atoms with van der Waals surface area (Å²) in [6.07, 6.45) is 0. The van der Waals surface area contributed by atoms with Crippen LogP contribution in [0.2, 0.25) is 0 Å². The van der Waals surface area contributed by atoms with Crippen LogP contribution < -0.4 is 10.6 Å². The summed E-state index contributed by atoms with van der Waals surface area (Å²) in [7, 11) is 0. The predicted molar refractivity (Wildman–Crippen MR) is 81.8 cm³/mol. The molecule has 2 amide bonds. The smallest absolute Gasteiger partial charge is 0.313 e. The number of carbonyl (C=O) groups excluding carboxylic acids is 2. The fourth-order valence-electron chi connectivity index (χ4n) is 1.97. The van der Waals surface area contributed by atoms with Gasteiger partial charge in [-0.15, -0.1) is 0 Å².